The molecule has 0 amide bonds. The molecule has 1 aromatic rings. The molecular weight excluding hydrogens is 353 g/mol. The van der Waals surface area contributed by atoms with Gasteiger partial charge in [-0.2, -0.15) is 0 Å². The van der Waals surface area contributed by atoms with Crippen LogP contribution in [0.3, 0.4) is 0 Å². The van der Waals surface area contributed by atoms with E-state index in [0.29, 0.717) is 25.0 Å². The number of nitrogens with one attached hydrogen (secondary N) is 1. The third-order valence-electron chi connectivity index (χ3n) is 2.33. The van der Waals surface area contributed by atoms with Gasteiger partial charge in [-0.25, -0.2) is 4.99 Å². The molecule has 1 rings (SSSR count). The van der Waals surface area contributed by atoms with Crippen molar-refractivity contribution < 1.29 is 4.74 Å². The minimum atomic E-state index is 0. The summed E-state index contributed by atoms with van der Waals surface area (Å²) in [6.45, 7) is 8.31. The number of ether oxygens (including phenoxy) is 1. The molecule has 0 saturated heterocycles. The zero-order chi connectivity index (χ0) is 13.4. The standard InChI is InChI=1S/C14H23N3O.HI/c1-4-18-13-7-5-6-12(8-13)10-17-14(15)16-9-11(2)3;/h5-8,11H,4,9-10H2,1-3H3,(H3,15,16,17);1H. The van der Waals surface area contributed by atoms with Crippen LogP contribution in [-0.4, -0.2) is 19.1 Å². The summed E-state index contributed by atoms with van der Waals surface area (Å²) >= 11 is 0. The summed E-state index contributed by atoms with van der Waals surface area (Å²) in [6, 6.07) is 7.91. The van der Waals surface area contributed by atoms with Crippen molar-refractivity contribution in [3.8, 4) is 5.75 Å². The van der Waals surface area contributed by atoms with Crippen molar-refractivity contribution in [2.45, 2.75) is 27.3 Å². The molecule has 0 aliphatic carbocycles. The van der Waals surface area contributed by atoms with E-state index in [1.165, 1.54) is 0 Å². The van der Waals surface area contributed by atoms with Crippen LogP contribution in [0.15, 0.2) is 29.3 Å². The van der Waals surface area contributed by atoms with E-state index in [2.05, 4.69) is 24.2 Å². The monoisotopic (exact) mass is 377 g/mol. The van der Waals surface area contributed by atoms with Gasteiger partial charge in [0.2, 0.25) is 0 Å². The number of benzene rings is 1. The molecule has 0 radical (unpaired) electrons. The summed E-state index contributed by atoms with van der Waals surface area (Å²) < 4.78 is 5.44. The fraction of sp³-hybridized carbons (Fsp3) is 0.500. The van der Waals surface area contributed by atoms with Crippen LogP contribution in [0.25, 0.3) is 0 Å². The normalized spacial score (nSPS) is 11.1. The van der Waals surface area contributed by atoms with Crippen LogP contribution in [0.1, 0.15) is 26.3 Å². The van der Waals surface area contributed by atoms with Gasteiger partial charge < -0.3 is 15.8 Å². The molecule has 0 aliphatic rings. The zero-order valence-corrected chi connectivity index (χ0v) is 14.2. The van der Waals surface area contributed by atoms with Crippen molar-refractivity contribution in [2.24, 2.45) is 16.6 Å². The number of rotatable bonds is 6. The van der Waals surface area contributed by atoms with Gasteiger partial charge in [0.25, 0.3) is 0 Å². The predicted octanol–water partition coefficient (Wildman–Crippen LogP) is 2.76. The third-order valence-corrected chi connectivity index (χ3v) is 2.33. The number of hydrogen-bond donors (Lipinski definition) is 2. The minimum Gasteiger partial charge on any atom is -0.494 e. The summed E-state index contributed by atoms with van der Waals surface area (Å²) in [7, 11) is 0. The van der Waals surface area contributed by atoms with Gasteiger partial charge in [-0.15, -0.1) is 24.0 Å². The smallest absolute Gasteiger partial charge is 0.188 e. The molecule has 0 heterocycles. The average molecular weight is 377 g/mol. The third kappa shape index (κ3) is 7.92. The lowest BCUT2D eigenvalue weighted by Gasteiger charge is -2.08. The molecule has 3 N–H and O–H groups in total. The second kappa shape index (κ2) is 9.89. The molecule has 0 spiro atoms. The first-order chi connectivity index (χ1) is 8.61. The van der Waals surface area contributed by atoms with Gasteiger partial charge in [0.15, 0.2) is 5.96 Å². The highest BCUT2D eigenvalue weighted by atomic mass is 127. The van der Waals surface area contributed by atoms with Crippen LogP contribution in [0.2, 0.25) is 0 Å². The molecule has 5 heteroatoms. The van der Waals surface area contributed by atoms with Crippen molar-refractivity contribution in [2.75, 3.05) is 13.2 Å². The van der Waals surface area contributed by atoms with Gasteiger partial charge in [-0.05, 0) is 30.5 Å². The van der Waals surface area contributed by atoms with Crippen LogP contribution in [0, 0.1) is 5.92 Å². The predicted molar refractivity (Wildman–Crippen MR) is 91.2 cm³/mol. The number of guanidine groups is 1. The maximum atomic E-state index is 5.77. The Morgan fingerprint density at radius 2 is 2.16 bits per heavy atom. The quantitative estimate of drug-likeness (QED) is 0.455. The summed E-state index contributed by atoms with van der Waals surface area (Å²) in [5.74, 6) is 1.92. The molecule has 19 heavy (non-hydrogen) atoms. The molecule has 0 bridgehead atoms. The number of halogens is 1. The topological polar surface area (TPSA) is 59.6 Å². The maximum absolute atomic E-state index is 5.77. The van der Waals surface area contributed by atoms with Gasteiger partial charge in [0.1, 0.15) is 5.75 Å². The highest BCUT2D eigenvalue weighted by molar-refractivity contribution is 14.0. The molecule has 1 aromatic carbocycles. The van der Waals surface area contributed by atoms with Crippen LogP contribution in [0.5, 0.6) is 5.75 Å². The highest BCUT2D eigenvalue weighted by Gasteiger charge is 1.97. The van der Waals surface area contributed by atoms with Gasteiger partial charge in [-0.3, -0.25) is 0 Å². The van der Waals surface area contributed by atoms with Crippen LogP contribution in [-0.2, 0) is 6.54 Å². The van der Waals surface area contributed by atoms with Gasteiger partial charge in [0, 0.05) is 6.54 Å². The Morgan fingerprint density at radius 3 is 2.79 bits per heavy atom. The molecule has 0 atom stereocenters. The molecule has 0 aliphatic heterocycles. The van der Waals surface area contributed by atoms with E-state index in [0.717, 1.165) is 17.9 Å². The van der Waals surface area contributed by atoms with Gasteiger partial charge in [-0.1, -0.05) is 26.0 Å². The summed E-state index contributed by atoms with van der Waals surface area (Å²) in [5.41, 5.74) is 6.87. The molecule has 0 unspecified atom stereocenters. The van der Waals surface area contributed by atoms with E-state index in [9.17, 15) is 0 Å². The second-order valence-corrected chi connectivity index (χ2v) is 4.56. The van der Waals surface area contributed by atoms with E-state index in [1.54, 1.807) is 0 Å². The molecule has 0 fully saturated rings. The van der Waals surface area contributed by atoms with E-state index in [-0.39, 0.29) is 24.0 Å². The Morgan fingerprint density at radius 1 is 1.42 bits per heavy atom. The van der Waals surface area contributed by atoms with Crippen molar-refractivity contribution in [1.82, 2.24) is 5.32 Å². The first-order valence-corrected chi connectivity index (χ1v) is 6.37. The maximum Gasteiger partial charge on any atom is 0.188 e. The fourth-order valence-electron chi connectivity index (χ4n) is 1.44. The Kier molecular flexibility index (Phi) is 9.38. The summed E-state index contributed by atoms with van der Waals surface area (Å²) in [4.78, 5) is 4.30. The number of hydrogen-bond acceptors (Lipinski definition) is 2. The summed E-state index contributed by atoms with van der Waals surface area (Å²) in [5, 5.41) is 3.09. The Balaban J connectivity index is 0.00000324. The highest BCUT2D eigenvalue weighted by Crippen LogP contribution is 2.13. The van der Waals surface area contributed by atoms with E-state index in [1.807, 2.05) is 31.2 Å². The van der Waals surface area contributed by atoms with Crippen LogP contribution in [0.4, 0.5) is 0 Å². The number of nitrogens with two attached hydrogens (primary N) is 1. The van der Waals surface area contributed by atoms with Crippen LogP contribution < -0.4 is 15.8 Å². The van der Waals surface area contributed by atoms with Crippen molar-refractivity contribution in [3.63, 3.8) is 0 Å². The Bertz CT molecular complexity index is 394. The lowest BCUT2D eigenvalue weighted by atomic mass is 10.2. The first kappa shape index (κ1) is 18.0. The number of nitrogens with zero attached hydrogens (tertiary/aromatic N) is 1. The number of aliphatic imine (C=N–C) groups is 1. The van der Waals surface area contributed by atoms with Gasteiger partial charge in [0.05, 0.1) is 13.2 Å². The lowest BCUT2D eigenvalue weighted by Crippen LogP contribution is -2.34. The lowest BCUT2D eigenvalue weighted by molar-refractivity contribution is 0.340. The van der Waals surface area contributed by atoms with Crippen molar-refractivity contribution >= 4 is 29.9 Å². The molecule has 0 aromatic heterocycles. The minimum absolute atomic E-state index is 0. The van der Waals surface area contributed by atoms with Gasteiger partial charge >= 0.3 is 0 Å². The molecular formula is C14H24IN3O. The Labute approximate surface area is 132 Å². The molecule has 4 nitrogen and oxygen atoms in total. The zero-order valence-electron chi connectivity index (χ0n) is 11.8. The fourth-order valence-corrected chi connectivity index (χ4v) is 1.44. The molecule has 0 saturated carbocycles. The average Bonchev–Trinajstić information content (AvgIpc) is 2.35. The van der Waals surface area contributed by atoms with Crippen LogP contribution >= 0.6 is 24.0 Å². The Hall–Kier alpha value is -0.980. The van der Waals surface area contributed by atoms with E-state index >= 15 is 0 Å². The SMILES string of the molecule is CCOc1cccc(CN=C(N)NCC(C)C)c1.I. The van der Waals surface area contributed by atoms with Crippen molar-refractivity contribution in [3.05, 3.63) is 29.8 Å². The van der Waals surface area contributed by atoms with E-state index in [4.69, 9.17) is 10.5 Å². The second-order valence-electron chi connectivity index (χ2n) is 4.56. The summed E-state index contributed by atoms with van der Waals surface area (Å²) in [6.07, 6.45) is 0. The largest absolute Gasteiger partial charge is 0.494 e. The van der Waals surface area contributed by atoms with Crippen molar-refractivity contribution in [1.29, 1.82) is 0 Å². The van der Waals surface area contributed by atoms with E-state index < -0.39 is 0 Å². The first-order valence-electron chi connectivity index (χ1n) is 6.37. The molecule has 108 valence electrons.